The molecule has 0 bridgehead atoms. The number of aliphatic hydroxyl groups is 2. The van der Waals surface area contributed by atoms with Gasteiger partial charge in [-0.1, -0.05) is 48.5 Å². The lowest BCUT2D eigenvalue weighted by atomic mass is 9.99. The highest BCUT2D eigenvalue weighted by Crippen LogP contribution is 2.32. The molecule has 4 N–H and O–H groups in total. The van der Waals surface area contributed by atoms with E-state index in [1.54, 1.807) is 0 Å². The summed E-state index contributed by atoms with van der Waals surface area (Å²) in [5, 5.41) is 33.1. The van der Waals surface area contributed by atoms with Crippen LogP contribution in [0.15, 0.2) is 82.6 Å². The van der Waals surface area contributed by atoms with E-state index in [1.165, 1.54) is 42.1 Å². The largest absolute Gasteiger partial charge is 0.479 e. The number of amides is 1. The normalized spacial score (nSPS) is 15.5. The lowest BCUT2D eigenvalue weighted by molar-refractivity contribution is -0.165. The Morgan fingerprint density at radius 3 is 2.00 bits per heavy atom. The zero-order valence-corrected chi connectivity index (χ0v) is 33.7. The number of rotatable bonds is 13. The number of hydrogen-bond donors (Lipinski definition) is 4. The van der Waals surface area contributed by atoms with Crippen LogP contribution in [0.1, 0.15) is 61.1 Å². The maximum absolute atomic E-state index is 14.5. The Morgan fingerprint density at radius 1 is 0.867 bits per heavy atom. The molecule has 11 nitrogen and oxygen atoms in total. The molecule has 1 fully saturated rings. The number of likely N-dealkylation sites (tertiary alicyclic amines) is 1. The van der Waals surface area contributed by atoms with Crippen molar-refractivity contribution in [3.63, 3.8) is 0 Å². The van der Waals surface area contributed by atoms with E-state index < -0.39 is 47.5 Å². The molecule has 17 heteroatoms. The Morgan fingerprint density at radius 2 is 1.45 bits per heavy atom. The van der Waals surface area contributed by atoms with Crippen molar-refractivity contribution in [2.45, 2.75) is 100 Å². The summed E-state index contributed by atoms with van der Waals surface area (Å²) in [6.45, 7) is 6.38. The van der Waals surface area contributed by atoms with Gasteiger partial charge in [-0.2, -0.15) is 13.2 Å². The Hall–Kier alpha value is -5.10. The van der Waals surface area contributed by atoms with Gasteiger partial charge in [-0.05, 0) is 80.8 Å². The zero-order valence-electron chi connectivity index (χ0n) is 32.9. The number of aliphatic carboxylic acids is 2. The number of aliphatic hydroxyl groups excluding tert-OH is 2. The van der Waals surface area contributed by atoms with E-state index in [4.69, 9.17) is 20.4 Å². The van der Waals surface area contributed by atoms with Crippen LogP contribution in [-0.4, -0.2) is 90.0 Å². The highest BCUT2D eigenvalue weighted by Gasteiger charge is 2.32. The monoisotopic (exact) mass is 859 g/mol. The molecule has 1 saturated heterocycles. The molecule has 1 amide bonds. The maximum atomic E-state index is 14.5. The third kappa shape index (κ3) is 11.4. The van der Waals surface area contributed by atoms with Crippen LogP contribution in [0, 0.1) is 11.6 Å². The number of carboxylic acids is 2. The predicted octanol–water partition coefficient (Wildman–Crippen LogP) is 6.37. The average Bonchev–Trinajstić information content (AvgIpc) is 3.72. The van der Waals surface area contributed by atoms with Gasteiger partial charge in [-0.25, -0.2) is 18.4 Å². The van der Waals surface area contributed by atoms with Crippen molar-refractivity contribution < 1.29 is 56.8 Å². The second-order valence-electron chi connectivity index (χ2n) is 14.9. The first-order valence-electron chi connectivity index (χ1n) is 19.3. The number of alkyl halides is 3. The van der Waals surface area contributed by atoms with Gasteiger partial charge < -0.3 is 34.8 Å². The third-order valence-electron chi connectivity index (χ3n) is 10.7. The van der Waals surface area contributed by atoms with Crippen molar-refractivity contribution in [2.24, 2.45) is 0 Å². The van der Waals surface area contributed by atoms with E-state index in [-0.39, 0.29) is 35.2 Å². The average molecular weight is 860 g/mol. The Kier molecular flexibility index (Phi) is 15.3. The van der Waals surface area contributed by atoms with E-state index in [2.05, 4.69) is 18.7 Å². The minimum absolute atomic E-state index is 0.00458. The molecule has 60 heavy (non-hydrogen) atoms. The number of carbonyl (C=O) groups excluding carboxylic acids is 1. The fourth-order valence-electron chi connectivity index (χ4n) is 7.29. The molecule has 1 aliphatic heterocycles. The van der Waals surface area contributed by atoms with Gasteiger partial charge in [0.2, 0.25) is 5.91 Å². The van der Waals surface area contributed by atoms with Crippen LogP contribution in [0.2, 0.25) is 0 Å². The summed E-state index contributed by atoms with van der Waals surface area (Å²) in [6.07, 6.45) is -5.25. The van der Waals surface area contributed by atoms with Crippen molar-refractivity contribution in [3.05, 3.63) is 123 Å². The van der Waals surface area contributed by atoms with Gasteiger partial charge in [-0.15, -0.1) is 11.8 Å². The molecule has 1 aromatic heterocycles. The SMILES string of the molecule is CC(C)N1CCC(N(Cc2ccc(-c3ccc(C(F)(F)F)cc3)cc2)C(=O)Cn2c(SCc3cccc(F)c3F)cc(=O)c3c2CCC3)CC1.O=C(O)[C@H](O)[C@@H](O)C(=O)O. The van der Waals surface area contributed by atoms with Crippen LogP contribution in [0.25, 0.3) is 11.1 Å². The maximum Gasteiger partial charge on any atom is 0.416 e. The minimum atomic E-state index is -4.40. The van der Waals surface area contributed by atoms with Gasteiger partial charge in [0.15, 0.2) is 29.3 Å². The number of carbonyl (C=O) groups is 3. The molecule has 0 unspecified atom stereocenters. The van der Waals surface area contributed by atoms with Gasteiger partial charge in [-0.3, -0.25) is 9.59 Å². The van der Waals surface area contributed by atoms with Gasteiger partial charge in [0, 0.05) is 60.4 Å². The Labute approximate surface area is 347 Å². The molecule has 2 atom stereocenters. The minimum Gasteiger partial charge on any atom is -0.479 e. The van der Waals surface area contributed by atoms with E-state index in [9.17, 15) is 41.1 Å². The Bertz CT molecular complexity index is 2190. The van der Waals surface area contributed by atoms with Gasteiger partial charge in [0.05, 0.1) is 10.6 Å². The molecule has 0 spiro atoms. The summed E-state index contributed by atoms with van der Waals surface area (Å²) in [4.78, 5) is 51.4. The number of nitrogens with zero attached hydrogens (tertiary/aromatic N) is 3. The fourth-order valence-corrected chi connectivity index (χ4v) is 8.34. The molecule has 3 aromatic carbocycles. The number of pyridine rings is 1. The van der Waals surface area contributed by atoms with Crippen molar-refractivity contribution >= 4 is 29.6 Å². The number of piperidine rings is 1. The van der Waals surface area contributed by atoms with E-state index in [0.29, 0.717) is 41.6 Å². The van der Waals surface area contributed by atoms with Crippen LogP contribution in [0.4, 0.5) is 22.0 Å². The van der Waals surface area contributed by atoms with Crippen molar-refractivity contribution in [2.75, 3.05) is 13.1 Å². The van der Waals surface area contributed by atoms with E-state index >= 15 is 0 Å². The molecular formula is C43H46F5N3O8S. The van der Waals surface area contributed by atoms with Crippen molar-refractivity contribution in [1.29, 1.82) is 0 Å². The topological polar surface area (TPSA) is 161 Å². The van der Waals surface area contributed by atoms with Gasteiger partial charge in [0.1, 0.15) is 6.54 Å². The molecular weight excluding hydrogens is 814 g/mol. The van der Waals surface area contributed by atoms with Crippen molar-refractivity contribution in [1.82, 2.24) is 14.4 Å². The first-order valence-corrected chi connectivity index (χ1v) is 20.3. The highest BCUT2D eigenvalue weighted by atomic mass is 32.2. The third-order valence-corrected chi connectivity index (χ3v) is 11.8. The van der Waals surface area contributed by atoms with E-state index in [0.717, 1.165) is 67.4 Å². The standard InChI is InChI=1S/C39H40F5N3O2S.C4H6O6/c1-25(2)45-19-17-31(18-20-45)46(22-26-9-11-27(12-10-26)28-13-15-30(16-14-28)39(42,43)44)36(49)23-47-34-8-4-6-32(34)35(48)21-37(47)50-24-29-5-3-7-33(40)38(29)41;5-1(3(7)8)2(6)4(9)10/h3,5,7,9-16,21,25,31H,4,6,8,17-20,22-24H2,1-2H3;1-2,5-6H,(H,7,8)(H,9,10)/t;1-,2-/m.1/s1. The second kappa shape index (κ2) is 20.0. The predicted molar refractivity (Wildman–Crippen MR) is 213 cm³/mol. The summed E-state index contributed by atoms with van der Waals surface area (Å²) in [5.74, 6) is -5.40. The van der Waals surface area contributed by atoms with E-state index in [1.807, 2.05) is 33.7 Å². The summed E-state index contributed by atoms with van der Waals surface area (Å²) in [7, 11) is 0. The van der Waals surface area contributed by atoms with Crippen LogP contribution >= 0.6 is 11.8 Å². The quantitative estimate of drug-likeness (QED) is 0.0879. The number of fused-ring (bicyclic) bond motifs is 1. The molecule has 6 rings (SSSR count). The fraction of sp³-hybridized carbons (Fsp3) is 0.395. The highest BCUT2D eigenvalue weighted by molar-refractivity contribution is 7.98. The molecule has 1 aliphatic carbocycles. The lowest BCUT2D eigenvalue weighted by Crippen LogP contribution is -2.49. The first-order chi connectivity index (χ1) is 28.3. The number of halogens is 5. The summed E-state index contributed by atoms with van der Waals surface area (Å²) < 4.78 is 69.6. The summed E-state index contributed by atoms with van der Waals surface area (Å²) in [6, 6.07) is 18.5. The lowest BCUT2D eigenvalue weighted by Gasteiger charge is -2.40. The second-order valence-corrected chi connectivity index (χ2v) is 15.9. The summed E-state index contributed by atoms with van der Waals surface area (Å²) in [5.41, 5.74) is 3.22. The summed E-state index contributed by atoms with van der Waals surface area (Å²) >= 11 is 1.22. The zero-order chi connectivity index (χ0) is 43.9. The number of benzene rings is 3. The van der Waals surface area contributed by atoms with Gasteiger partial charge >= 0.3 is 18.1 Å². The molecule has 2 heterocycles. The molecule has 322 valence electrons. The molecule has 4 aromatic rings. The number of carboxylic acid groups (broad SMARTS) is 2. The first kappa shape index (κ1) is 46.0. The van der Waals surface area contributed by atoms with Crippen LogP contribution in [0.5, 0.6) is 0 Å². The van der Waals surface area contributed by atoms with Crippen molar-refractivity contribution in [3.8, 4) is 11.1 Å². The molecule has 0 radical (unpaired) electrons. The van der Waals surface area contributed by atoms with Crippen LogP contribution in [-0.2, 0) is 52.2 Å². The molecule has 0 saturated carbocycles. The molecule has 2 aliphatic rings. The van der Waals surface area contributed by atoms with Crippen LogP contribution < -0.4 is 5.43 Å². The number of thioether (sulfide) groups is 1. The smallest absolute Gasteiger partial charge is 0.416 e. The van der Waals surface area contributed by atoms with Gasteiger partial charge in [0.25, 0.3) is 0 Å². The number of hydrogen-bond acceptors (Lipinski definition) is 8. The van der Waals surface area contributed by atoms with Crippen LogP contribution in [0.3, 0.4) is 0 Å². The Balaban J connectivity index is 0.000000606. The number of aromatic nitrogens is 1.